The third-order valence-electron chi connectivity index (χ3n) is 4.19. The molecule has 25 heavy (non-hydrogen) atoms. The number of pyridine rings is 1. The molecule has 126 valence electrons. The summed E-state index contributed by atoms with van der Waals surface area (Å²) in [6.07, 6.45) is 0.822. The van der Waals surface area contributed by atoms with Crippen LogP contribution in [0.1, 0.15) is 18.4 Å². The van der Waals surface area contributed by atoms with Crippen LogP contribution in [0.4, 0.5) is 0 Å². The summed E-state index contributed by atoms with van der Waals surface area (Å²) in [4.78, 5) is 2.03. The van der Waals surface area contributed by atoms with E-state index in [-0.39, 0.29) is 0 Å². The van der Waals surface area contributed by atoms with Gasteiger partial charge in [0.1, 0.15) is 0 Å². The second-order valence-electron chi connectivity index (χ2n) is 5.90. The average molecular weight is 350 g/mol. The molecule has 0 aliphatic heterocycles. The molecule has 0 radical (unpaired) electrons. The minimum absolute atomic E-state index is 0.411. The van der Waals surface area contributed by atoms with Crippen LogP contribution in [-0.4, -0.2) is 32.2 Å². The summed E-state index contributed by atoms with van der Waals surface area (Å²) < 4.78 is 4.36. The van der Waals surface area contributed by atoms with E-state index in [0.29, 0.717) is 37.4 Å². The predicted molar refractivity (Wildman–Crippen MR) is 98.3 cm³/mol. The van der Waals surface area contributed by atoms with Crippen molar-refractivity contribution >= 4 is 28.8 Å². The van der Waals surface area contributed by atoms with Gasteiger partial charge in [0.25, 0.3) is 0 Å². The lowest BCUT2D eigenvalue weighted by Gasteiger charge is -2.19. The fourth-order valence-electron chi connectivity index (χ4n) is 2.97. The number of benzene rings is 1. The molecule has 2 heterocycles. The summed E-state index contributed by atoms with van der Waals surface area (Å²) >= 11 is 5.65. The summed E-state index contributed by atoms with van der Waals surface area (Å²) in [6, 6.07) is 14.5. The van der Waals surface area contributed by atoms with E-state index in [4.69, 9.17) is 22.7 Å². The van der Waals surface area contributed by atoms with Gasteiger partial charge in [0.15, 0.2) is 5.65 Å². The topological polar surface area (TPSA) is 73.0 Å². The van der Waals surface area contributed by atoms with Crippen molar-refractivity contribution in [3.63, 3.8) is 0 Å². The first-order valence-corrected chi connectivity index (χ1v) is 8.50. The van der Waals surface area contributed by atoms with E-state index in [1.165, 1.54) is 0 Å². The molecule has 0 saturated heterocycles. The van der Waals surface area contributed by atoms with Crippen LogP contribution in [0.15, 0.2) is 30.3 Å². The van der Waals surface area contributed by atoms with E-state index in [2.05, 4.69) is 30.2 Å². The van der Waals surface area contributed by atoms with Crippen LogP contribution in [0.25, 0.3) is 16.6 Å². The summed E-state index contributed by atoms with van der Waals surface area (Å²) in [7, 11) is 0. The molecule has 0 unspecified atom stereocenters. The van der Waals surface area contributed by atoms with Crippen LogP contribution in [0, 0.1) is 34.4 Å². The Balaban J connectivity index is 2.04. The number of para-hydroxylation sites is 1. The van der Waals surface area contributed by atoms with Crippen molar-refractivity contribution in [2.75, 3.05) is 13.1 Å². The van der Waals surface area contributed by atoms with E-state index >= 15 is 0 Å². The Morgan fingerprint density at radius 3 is 2.52 bits per heavy atom. The lowest BCUT2D eigenvalue weighted by molar-refractivity contribution is 0.214. The highest BCUT2D eigenvalue weighted by molar-refractivity contribution is 7.71. The first-order chi connectivity index (χ1) is 12.2. The van der Waals surface area contributed by atoms with Gasteiger partial charge in [-0.25, -0.2) is 4.68 Å². The fourth-order valence-corrected chi connectivity index (χ4v) is 3.26. The Morgan fingerprint density at radius 1 is 1.16 bits per heavy atom. The highest BCUT2D eigenvalue weighted by atomic mass is 32.1. The van der Waals surface area contributed by atoms with Gasteiger partial charge < -0.3 is 0 Å². The van der Waals surface area contributed by atoms with Crippen molar-refractivity contribution < 1.29 is 0 Å². The number of nitriles is 2. The van der Waals surface area contributed by atoms with Gasteiger partial charge in [0.2, 0.25) is 4.77 Å². The van der Waals surface area contributed by atoms with Gasteiger partial charge in [-0.3, -0.25) is 9.30 Å². The molecule has 0 aliphatic carbocycles. The second kappa shape index (κ2) is 7.43. The smallest absolute Gasteiger partial charge is 0.204 e. The molecule has 1 aromatic carbocycles. The SMILES string of the molecule is Cc1cc2nn(CN(CCC#N)CCC#N)c(=S)n2c2ccccc12. The molecule has 6 nitrogen and oxygen atoms in total. The lowest BCUT2D eigenvalue weighted by Crippen LogP contribution is -2.29. The van der Waals surface area contributed by atoms with E-state index in [0.717, 1.165) is 22.1 Å². The van der Waals surface area contributed by atoms with Gasteiger partial charge in [0.05, 0.1) is 24.3 Å². The highest BCUT2D eigenvalue weighted by Crippen LogP contribution is 2.21. The van der Waals surface area contributed by atoms with Crippen molar-refractivity contribution in [3.8, 4) is 12.1 Å². The molecule has 0 aliphatic rings. The maximum absolute atomic E-state index is 8.84. The molecule has 3 aromatic rings. The minimum Gasteiger partial charge on any atom is -0.282 e. The third-order valence-corrected chi connectivity index (χ3v) is 4.59. The zero-order valence-corrected chi connectivity index (χ0v) is 14.8. The van der Waals surface area contributed by atoms with Gasteiger partial charge >= 0.3 is 0 Å². The summed E-state index contributed by atoms with van der Waals surface area (Å²) in [5.41, 5.74) is 3.00. The number of hydrogen-bond donors (Lipinski definition) is 0. The molecule has 7 heteroatoms. The molecule has 0 atom stereocenters. The predicted octanol–water partition coefficient (Wildman–Crippen LogP) is 3.41. The van der Waals surface area contributed by atoms with Gasteiger partial charge in [-0.1, -0.05) is 18.2 Å². The van der Waals surface area contributed by atoms with Crippen LogP contribution in [0.2, 0.25) is 0 Å². The Bertz CT molecular complexity index is 1030. The molecule has 0 amide bonds. The molecular weight excluding hydrogens is 332 g/mol. The summed E-state index contributed by atoms with van der Waals surface area (Å²) in [5, 5.41) is 23.5. The Labute approximate surface area is 151 Å². The zero-order chi connectivity index (χ0) is 17.8. The quantitative estimate of drug-likeness (QED) is 0.637. The standard InChI is InChI=1S/C18H18N6S/c1-14-12-17-21-23(13-22(10-4-8-19)11-5-9-20)18(25)24(17)16-7-3-2-6-15(14)16/h2-3,6-7,12H,4-5,10-11,13H2,1H3. The Hall–Kier alpha value is -2.74. The van der Waals surface area contributed by atoms with Crippen molar-refractivity contribution in [2.24, 2.45) is 0 Å². The zero-order valence-electron chi connectivity index (χ0n) is 14.0. The van der Waals surface area contributed by atoms with Gasteiger partial charge in [0, 0.05) is 31.3 Å². The Morgan fingerprint density at radius 2 is 1.84 bits per heavy atom. The molecule has 0 saturated carbocycles. The first kappa shape index (κ1) is 17.1. The number of nitrogens with zero attached hydrogens (tertiary/aromatic N) is 6. The largest absolute Gasteiger partial charge is 0.282 e. The van der Waals surface area contributed by atoms with Gasteiger partial charge in [-0.05, 0) is 36.8 Å². The second-order valence-corrected chi connectivity index (χ2v) is 6.26. The van der Waals surface area contributed by atoms with Crippen LogP contribution < -0.4 is 0 Å². The van der Waals surface area contributed by atoms with Crippen molar-refractivity contribution in [1.82, 2.24) is 19.1 Å². The van der Waals surface area contributed by atoms with Crippen molar-refractivity contribution in [1.29, 1.82) is 10.5 Å². The monoisotopic (exact) mass is 350 g/mol. The molecule has 2 aromatic heterocycles. The van der Waals surface area contributed by atoms with Crippen molar-refractivity contribution in [3.05, 3.63) is 40.7 Å². The number of aromatic nitrogens is 3. The molecule has 0 bridgehead atoms. The molecular formula is C18H18N6S. The number of hydrogen-bond acceptors (Lipinski definition) is 5. The van der Waals surface area contributed by atoms with Crippen LogP contribution in [-0.2, 0) is 6.67 Å². The summed E-state index contributed by atoms with van der Waals surface area (Å²) in [5.74, 6) is 0. The minimum atomic E-state index is 0.411. The maximum Gasteiger partial charge on any atom is 0.204 e. The normalized spacial score (nSPS) is 11.0. The number of aryl methyl sites for hydroxylation is 1. The highest BCUT2D eigenvalue weighted by Gasteiger charge is 2.12. The number of fused-ring (bicyclic) bond motifs is 3. The van der Waals surface area contributed by atoms with Crippen LogP contribution in [0.3, 0.4) is 0 Å². The molecule has 3 rings (SSSR count). The van der Waals surface area contributed by atoms with E-state index in [9.17, 15) is 0 Å². The van der Waals surface area contributed by atoms with Crippen LogP contribution in [0.5, 0.6) is 0 Å². The van der Waals surface area contributed by atoms with Gasteiger partial charge in [-0.2, -0.15) is 15.6 Å². The lowest BCUT2D eigenvalue weighted by atomic mass is 10.1. The van der Waals surface area contributed by atoms with Crippen LogP contribution >= 0.6 is 12.2 Å². The van der Waals surface area contributed by atoms with Gasteiger partial charge in [-0.15, -0.1) is 0 Å². The van der Waals surface area contributed by atoms with E-state index in [1.807, 2.05) is 33.6 Å². The number of rotatable bonds is 6. The third kappa shape index (κ3) is 3.39. The Kier molecular flexibility index (Phi) is 5.08. The molecule has 0 N–H and O–H groups in total. The molecule has 0 fully saturated rings. The molecule has 0 spiro atoms. The van der Waals surface area contributed by atoms with E-state index in [1.54, 1.807) is 4.68 Å². The maximum atomic E-state index is 8.84. The first-order valence-electron chi connectivity index (χ1n) is 8.10. The fraction of sp³-hybridized carbons (Fsp3) is 0.333. The van der Waals surface area contributed by atoms with E-state index < -0.39 is 0 Å². The summed E-state index contributed by atoms with van der Waals surface area (Å²) in [6.45, 7) is 3.72. The average Bonchev–Trinajstić information content (AvgIpc) is 2.93. The van der Waals surface area contributed by atoms with Crippen molar-refractivity contribution in [2.45, 2.75) is 26.4 Å².